The molecule has 100 valence electrons. The van der Waals surface area contributed by atoms with Crippen LogP contribution in [0.4, 0.5) is 14.5 Å². The van der Waals surface area contributed by atoms with Crippen LogP contribution in [-0.4, -0.2) is 13.4 Å². The fourth-order valence-corrected chi connectivity index (χ4v) is 2.89. The number of pyridine rings is 1. The van der Waals surface area contributed by atoms with E-state index in [0.29, 0.717) is 0 Å². The molecule has 1 heterocycles. The lowest BCUT2D eigenvalue weighted by atomic mass is 10.3. The van der Waals surface area contributed by atoms with Crippen LogP contribution in [0.25, 0.3) is 0 Å². The number of anilines is 1. The molecular formula is C11H7ClF2N2O2S. The molecule has 8 heteroatoms. The molecule has 0 aliphatic rings. The minimum atomic E-state index is -4.21. The van der Waals surface area contributed by atoms with E-state index in [2.05, 4.69) is 4.98 Å². The largest absolute Gasteiger partial charge is 0.274 e. The summed E-state index contributed by atoms with van der Waals surface area (Å²) in [6, 6.07) is 5.52. The van der Waals surface area contributed by atoms with E-state index < -0.39 is 27.3 Å². The molecule has 0 radical (unpaired) electrons. The molecule has 2 rings (SSSR count). The van der Waals surface area contributed by atoms with Gasteiger partial charge in [0.05, 0.1) is 0 Å². The van der Waals surface area contributed by atoms with Gasteiger partial charge in [0.2, 0.25) is 0 Å². The Morgan fingerprint density at radius 1 is 1.11 bits per heavy atom. The van der Waals surface area contributed by atoms with Gasteiger partial charge in [0.1, 0.15) is 27.4 Å². The summed E-state index contributed by atoms with van der Waals surface area (Å²) in [7, 11) is -4.21. The maximum atomic E-state index is 13.4. The van der Waals surface area contributed by atoms with Gasteiger partial charge in [0.25, 0.3) is 10.0 Å². The Kier molecular flexibility index (Phi) is 3.68. The molecule has 1 aromatic heterocycles. The molecule has 0 aliphatic heterocycles. The van der Waals surface area contributed by atoms with Crippen molar-refractivity contribution in [2.45, 2.75) is 4.90 Å². The lowest BCUT2D eigenvalue weighted by Gasteiger charge is -2.10. The third-order valence-corrected chi connectivity index (χ3v) is 4.01. The Morgan fingerprint density at radius 3 is 2.32 bits per heavy atom. The summed E-state index contributed by atoms with van der Waals surface area (Å²) in [6.45, 7) is 0. The van der Waals surface area contributed by atoms with Crippen molar-refractivity contribution < 1.29 is 17.2 Å². The summed E-state index contributed by atoms with van der Waals surface area (Å²) in [5, 5.41) is -0.285. The summed E-state index contributed by atoms with van der Waals surface area (Å²) in [5.74, 6) is -2.05. The van der Waals surface area contributed by atoms with Gasteiger partial charge in [0, 0.05) is 6.20 Å². The molecule has 1 N–H and O–H groups in total. The monoisotopic (exact) mass is 304 g/mol. The van der Waals surface area contributed by atoms with Crippen molar-refractivity contribution in [3.05, 3.63) is 53.3 Å². The number of nitrogens with one attached hydrogen (secondary N) is 1. The second kappa shape index (κ2) is 5.10. The molecule has 0 bridgehead atoms. The smallest absolute Gasteiger partial charge is 0.265 e. The molecule has 0 saturated heterocycles. The molecule has 0 amide bonds. The van der Waals surface area contributed by atoms with Gasteiger partial charge in [0.15, 0.2) is 0 Å². The van der Waals surface area contributed by atoms with Crippen molar-refractivity contribution in [2.24, 2.45) is 0 Å². The van der Waals surface area contributed by atoms with Gasteiger partial charge in [-0.25, -0.2) is 22.2 Å². The zero-order chi connectivity index (χ0) is 14.0. The highest BCUT2D eigenvalue weighted by Gasteiger charge is 2.21. The van der Waals surface area contributed by atoms with Crippen LogP contribution in [0, 0.1) is 11.6 Å². The van der Waals surface area contributed by atoms with Gasteiger partial charge >= 0.3 is 0 Å². The van der Waals surface area contributed by atoms with E-state index in [9.17, 15) is 17.2 Å². The summed E-state index contributed by atoms with van der Waals surface area (Å²) >= 11 is 5.64. The Labute approximate surface area is 113 Å². The van der Waals surface area contributed by atoms with Crippen molar-refractivity contribution in [1.29, 1.82) is 0 Å². The number of hydrogen-bond donors (Lipinski definition) is 1. The molecule has 0 fully saturated rings. The molecule has 0 spiro atoms. The lowest BCUT2D eigenvalue weighted by molar-refractivity contribution is 0.582. The van der Waals surface area contributed by atoms with E-state index in [4.69, 9.17) is 11.6 Å². The third kappa shape index (κ3) is 2.82. The summed E-state index contributed by atoms with van der Waals surface area (Å²) < 4.78 is 52.5. The van der Waals surface area contributed by atoms with Crippen LogP contribution < -0.4 is 4.72 Å². The Morgan fingerprint density at radius 2 is 1.74 bits per heavy atom. The topological polar surface area (TPSA) is 59.1 Å². The van der Waals surface area contributed by atoms with E-state index in [1.807, 2.05) is 4.72 Å². The van der Waals surface area contributed by atoms with Gasteiger partial charge < -0.3 is 0 Å². The van der Waals surface area contributed by atoms with Crippen molar-refractivity contribution in [1.82, 2.24) is 4.98 Å². The number of aromatic nitrogens is 1. The number of nitrogens with zero attached hydrogens (tertiary/aromatic N) is 1. The average molecular weight is 305 g/mol. The number of sulfonamides is 1. The molecule has 0 aliphatic carbocycles. The quantitative estimate of drug-likeness (QED) is 0.887. The van der Waals surface area contributed by atoms with Crippen molar-refractivity contribution >= 4 is 27.3 Å². The fourth-order valence-electron chi connectivity index (χ4n) is 1.36. The maximum absolute atomic E-state index is 13.4. The van der Waals surface area contributed by atoms with Crippen LogP contribution in [0.2, 0.25) is 5.15 Å². The number of rotatable bonds is 3. The van der Waals surface area contributed by atoms with Gasteiger partial charge in [-0.1, -0.05) is 17.7 Å². The van der Waals surface area contributed by atoms with Crippen LogP contribution in [0.3, 0.4) is 0 Å². The first-order valence-electron chi connectivity index (χ1n) is 4.99. The first-order chi connectivity index (χ1) is 8.92. The summed E-state index contributed by atoms with van der Waals surface area (Å²) in [5.41, 5.74) is -0.762. The molecule has 2 aromatic rings. The predicted octanol–water partition coefficient (Wildman–Crippen LogP) is 2.81. The average Bonchev–Trinajstić information content (AvgIpc) is 2.34. The molecule has 0 atom stereocenters. The molecule has 19 heavy (non-hydrogen) atoms. The first-order valence-corrected chi connectivity index (χ1v) is 6.85. The second-order valence-electron chi connectivity index (χ2n) is 3.49. The van der Waals surface area contributed by atoms with Crippen LogP contribution >= 0.6 is 11.6 Å². The van der Waals surface area contributed by atoms with Gasteiger partial charge in [-0.3, -0.25) is 4.72 Å². The number of benzene rings is 1. The normalized spacial score (nSPS) is 11.3. The SMILES string of the molecule is O=S(=O)(Nc1c(F)cccc1F)c1cccnc1Cl. The number of halogens is 3. The molecule has 4 nitrogen and oxygen atoms in total. The Bertz CT molecular complexity index is 702. The van der Waals surface area contributed by atoms with Gasteiger partial charge in [-0.2, -0.15) is 0 Å². The van der Waals surface area contributed by atoms with Gasteiger partial charge in [-0.15, -0.1) is 0 Å². The van der Waals surface area contributed by atoms with Crippen LogP contribution in [-0.2, 0) is 10.0 Å². The van der Waals surface area contributed by atoms with Gasteiger partial charge in [-0.05, 0) is 24.3 Å². The molecule has 1 aromatic carbocycles. The van der Waals surface area contributed by atoms with E-state index in [1.165, 1.54) is 18.3 Å². The van der Waals surface area contributed by atoms with E-state index in [-0.39, 0.29) is 10.0 Å². The zero-order valence-electron chi connectivity index (χ0n) is 9.27. The maximum Gasteiger partial charge on any atom is 0.265 e. The highest BCUT2D eigenvalue weighted by Crippen LogP contribution is 2.24. The molecule has 0 saturated carbocycles. The van der Waals surface area contributed by atoms with Crippen LogP contribution in [0.5, 0.6) is 0 Å². The molecule has 0 unspecified atom stereocenters. The predicted molar refractivity (Wildman–Crippen MR) is 66.4 cm³/mol. The molecular weight excluding hydrogens is 298 g/mol. The second-order valence-corrected chi connectivity index (χ2v) is 5.50. The van der Waals surface area contributed by atoms with Crippen molar-refractivity contribution in [2.75, 3.05) is 4.72 Å². The minimum absolute atomic E-state index is 0.285. The lowest BCUT2D eigenvalue weighted by Crippen LogP contribution is -2.16. The van der Waals surface area contributed by atoms with Crippen molar-refractivity contribution in [3.63, 3.8) is 0 Å². The highest BCUT2D eigenvalue weighted by atomic mass is 35.5. The zero-order valence-corrected chi connectivity index (χ0v) is 10.8. The summed E-state index contributed by atoms with van der Waals surface area (Å²) in [6.07, 6.45) is 1.30. The highest BCUT2D eigenvalue weighted by molar-refractivity contribution is 7.92. The number of hydrogen-bond acceptors (Lipinski definition) is 3. The first kappa shape index (κ1) is 13.7. The third-order valence-electron chi connectivity index (χ3n) is 2.21. The van der Waals surface area contributed by atoms with Crippen molar-refractivity contribution in [3.8, 4) is 0 Å². The Hall–Kier alpha value is -1.73. The Balaban J connectivity index is 2.46. The van der Waals surface area contributed by atoms with Crippen LogP contribution in [0.1, 0.15) is 0 Å². The van der Waals surface area contributed by atoms with E-state index >= 15 is 0 Å². The standard InChI is InChI=1S/C11H7ClF2N2O2S/c12-11-9(5-2-6-15-11)19(17,18)16-10-7(13)3-1-4-8(10)14/h1-6,16H. The fraction of sp³-hybridized carbons (Fsp3) is 0. The number of para-hydroxylation sites is 1. The minimum Gasteiger partial charge on any atom is -0.274 e. The van der Waals surface area contributed by atoms with E-state index in [0.717, 1.165) is 18.2 Å². The van der Waals surface area contributed by atoms with E-state index in [1.54, 1.807) is 0 Å². The summed E-state index contributed by atoms with van der Waals surface area (Å²) in [4.78, 5) is 3.23. The van der Waals surface area contributed by atoms with Crippen LogP contribution in [0.15, 0.2) is 41.4 Å².